The number of ketones is 1. The number of amides is 1. The Morgan fingerprint density at radius 3 is 2.05 bits per heavy atom. The highest BCUT2D eigenvalue weighted by molar-refractivity contribution is 6.09. The van der Waals surface area contributed by atoms with Gasteiger partial charge in [0.05, 0.1) is 14.2 Å². The molecule has 6 nitrogen and oxygen atoms in total. The molecular formula is C32H37NO5. The lowest BCUT2D eigenvalue weighted by molar-refractivity contribution is 0.0699. The van der Waals surface area contributed by atoms with E-state index in [2.05, 4.69) is 39.8 Å². The molecule has 0 N–H and O–H groups in total. The number of ether oxygens (including phenoxy) is 2. The molecular weight excluding hydrogens is 478 g/mol. The van der Waals surface area contributed by atoms with Crippen molar-refractivity contribution in [2.75, 3.05) is 20.8 Å². The van der Waals surface area contributed by atoms with Crippen molar-refractivity contribution in [1.82, 2.24) is 4.90 Å². The maximum Gasteiger partial charge on any atom is 0.289 e. The van der Waals surface area contributed by atoms with Gasteiger partial charge in [0.1, 0.15) is 0 Å². The molecule has 1 aromatic heterocycles. The quantitative estimate of drug-likeness (QED) is 0.369. The molecule has 0 radical (unpaired) electrons. The molecule has 0 saturated heterocycles. The highest BCUT2D eigenvalue weighted by atomic mass is 16.5. The zero-order chi connectivity index (χ0) is 27.4. The maximum absolute atomic E-state index is 13.6. The number of nitrogens with zero attached hydrogens (tertiary/aromatic N) is 1. The summed E-state index contributed by atoms with van der Waals surface area (Å²) in [4.78, 5) is 28.7. The smallest absolute Gasteiger partial charge is 0.289 e. The molecule has 1 aliphatic carbocycles. The molecule has 0 unspecified atom stereocenters. The number of carbonyl (C=O) groups is 2. The number of carbonyl (C=O) groups excluding carboxylic acids is 2. The Morgan fingerprint density at radius 1 is 0.842 bits per heavy atom. The first-order valence-electron chi connectivity index (χ1n) is 13.3. The molecule has 5 rings (SSSR count). The predicted molar refractivity (Wildman–Crippen MR) is 147 cm³/mol. The van der Waals surface area contributed by atoms with Crippen molar-refractivity contribution in [3.8, 4) is 11.5 Å². The van der Waals surface area contributed by atoms with Crippen molar-refractivity contribution < 1.29 is 23.5 Å². The molecule has 2 aliphatic rings. The van der Waals surface area contributed by atoms with Crippen LogP contribution in [0.25, 0.3) is 0 Å². The molecule has 0 bridgehead atoms. The minimum Gasteiger partial charge on any atom is -0.493 e. The van der Waals surface area contributed by atoms with E-state index in [0.29, 0.717) is 36.6 Å². The topological polar surface area (TPSA) is 69.0 Å². The predicted octanol–water partition coefficient (Wildman–Crippen LogP) is 6.38. The third kappa shape index (κ3) is 4.40. The fourth-order valence-corrected chi connectivity index (χ4v) is 5.89. The van der Waals surface area contributed by atoms with E-state index in [1.54, 1.807) is 31.3 Å². The minimum atomic E-state index is -0.227. The molecule has 0 fully saturated rings. The van der Waals surface area contributed by atoms with E-state index in [9.17, 15) is 9.59 Å². The fraction of sp³-hybridized carbons (Fsp3) is 0.438. The first-order valence-corrected chi connectivity index (χ1v) is 13.3. The number of furan rings is 1. The van der Waals surface area contributed by atoms with Crippen LogP contribution in [0.2, 0.25) is 0 Å². The van der Waals surface area contributed by atoms with E-state index in [1.165, 1.54) is 11.1 Å². The van der Waals surface area contributed by atoms with Gasteiger partial charge in [0.2, 0.25) is 5.78 Å². The van der Waals surface area contributed by atoms with Gasteiger partial charge in [-0.3, -0.25) is 9.59 Å². The van der Waals surface area contributed by atoms with Crippen LogP contribution in [0, 0.1) is 6.92 Å². The lowest BCUT2D eigenvalue weighted by Crippen LogP contribution is -2.35. The highest BCUT2D eigenvalue weighted by Crippen LogP contribution is 2.46. The summed E-state index contributed by atoms with van der Waals surface area (Å²) in [7, 11) is 3.22. The number of rotatable bonds is 5. The first kappa shape index (κ1) is 26.1. The van der Waals surface area contributed by atoms with Gasteiger partial charge in [-0.15, -0.1) is 0 Å². The Hall–Kier alpha value is -3.54. The van der Waals surface area contributed by atoms with Gasteiger partial charge in [-0.1, -0.05) is 33.8 Å². The minimum absolute atomic E-state index is 0.00483. The Balaban J connectivity index is 1.39. The van der Waals surface area contributed by atoms with E-state index < -0.39 is 0 Å². The Labute approximate surface area is 224 Å². The van der Waals surface area contributed by atoms with E-state index in [-0.39, 0.29) is 34.0 Å². The molecule has 0 spiro atoms. The second-order valence-electron chi connectivity index (χ2n) is 11.9. The Kier molecular flexibility index (Phi) is 6.41. The van der Waals surface area contributed by atoms with Gasteiger partial charge >= 0.3 is 0 Å². The monoisotopic (exact) mass is 515 g/mol. The van der Waals surface area contributed by atoms with Gasteiger partial charge in [-0.2, -0.15) is 0 Å². The normalized spacial score (nSPS) is 17.4. The van der Waals surface area contributed by atoms with Gasteiger partial charge in [-0.25, -0.2) is 0 Å². The van der Waals surface area contributed by atoms with Crippen LogP contribution in [0.3, 0.4) is 0 Å². The van der Waals surface area contributed by atoms with Crippen LogP contribution in [-0.2, 0) is 23.8 Å². The first-order chi connectivity index (χ1) is 17.9. The highest BCUT2D eigenvalue weighted by Gasteiger charge is 2.38. The zero-order valence-corrected chi connectivity index (χ0v) is 23.5. The SMILES string of the molecule is COc1cc2c(cc1OC)CN(C(=O)c1ccc(C(=O)c3cc4c(cc3C)C(C)(C)CCC4(C)C)o1)CC2. The van der Waals surface area contributed by atoms with Gasteiger partial charge in [-0.05, 0) is 95.2 Å². The summed E-state index contributed by atoms with van der Waals surface area (Å²) in [6.45, 7) is 12.0. The summed E-state index contributed by atoms with van der Waals surface area (Å²) in [5.41, 5.74) is 6.33. The zero-order valence-electron chi connectivity index (χ0n) is 23.5. The molecule has 6 heteroatoms. The lowest BCUT2D eigenvalue weighted by atomic mass is 9.62. The number of hydrogen-bond donors (Lipinski definition) is 0. The van der Waals surface area contributed by atoms with Crippen molar-refractivity contribution in [2.24, 2.45) is 0 Å². The van der Waals surface area contributed by atoms with Crippen LogP contribution in [-0.4, -0.2) is 37.4 Å². The van der Waals surface area contributed by atoms with Crippen LogP contribution in [0.15, 0.2) is 40.8 Å². The van der Waals surface area contributed by atoms with Gasteiger partial charge in [0, 0.05) is 18.7 Å². The average Bonchev–Trinajstić information content (AvgIpc) is 3.39. The number of fused-ring (bicyclic) bond motifs is 2. The third-order valence-electron chi connectivity index (χ3n) is 8.49. The summed E-state index contributed by atoms with van der Waals surface area (Å²) in [5, 5.41) is 0. The standard InChI is InChI=1S/C32H37NO5/c1-19-14-23-24(32(4,5)12-11-31(23,2)3)17-22(19)29(34)25-8-9-26(38-25)30(35)33-13-10-20-15-27(36-6)28(37-7)16-21(20)18-33/h8-9,14-17H,10-13,18H2,1-7H3. The van der Waals surface area contributed by atoms with Gasteiger partial charge in [0.25, 0.3) is 5.91 Å². The van der Waals surface area contributed by atoms with Crippen molar-refractivity contribution in [3.63, 3.8) is 0 Å². The number of hydrogen-bond acceptors (Lipinski definition) is 5. The number of benzene rings is 2. The molecule has 0 saturated carbocycles. The van der Waals surface area contributed by atoms with E-state index in [1.807, 2.05) is 19.1 Å². The summed E-state index contributed by atoms with van der Waals surface area (Å²) in [6, 6.07) is 11.4. The van der Waals surface area contributed by atoms with Gasteiger partial charge < -0.3 is 18.8 Å². The molecule has 1 aliphatic heterocycles. The second kappa shape index (κ2) is 9.33. The van der Waals surface area contributed by atoms with Crippen molar-refractivity contribution in [3.05, 3.63) is 81.3 Å². The molecule has 1 amide bonds. The number of methoxy groups -OCH3 is 2. The van der Waals surface area contributed by atoms with Crippen LogP contribution in [0.4, 0.5) is 0 Å². The average molecular weight is 516 g/mol. The van der Waals surface area contributed by atoms with E-state index >= 15 is 0 Å². The van der Waals surface area contributed by atoms with Gasteiger partial charge in [0.15, 0.2) is 23.0 Å². The number of aryl methyl sites for hydroxylation is 1. The summed E-state index contributed by atoms with van der Waals surface area (Å²) in [6.07, 6.45) is 2.89. The second-order valence-corrected chi connectivity index (χ2v) is 11.9. The summed E-state index contributed by atoms with van der Waals surface area (Å²) < 4.78 is 16.7. The van der Waals surface area contributed by atoms with Crippen LogP contribution < -0.4 is 9.47 Å². The van der Waals surface area contributed by atoms with Crippen LogP contribution in [0.1, 0.15) is 95.0 Å². The van der Waals surface area contributed by atoms with Crippen LogP contribution in [0.5, 0.6) is 11.5 Å². The largest absolute Gasteiger partial charge is 0.493 e. The lowest BCUT2D eigenvalue weighted by Gasteiger charge is -2.42. The Morgan fingerprint density at radius 2 is 1.42 bits per heavy atom. The fourth-order valence-electron chi connectivity index (χ4n) is 5.89. The molecule has 2 heterocycles. The third-order valence-corrected chi connectivity index (χ3v) is 8.49. The van der Waals surface area contributed by atoms with E-state index in [4.69, 9.17) is 13.9 Å². The molecule has 2 aromatic carbocycles. The molecule has 200 valence electrons. The van der Waals surface area contributed by atoms with Crippen molar-refractivity contribution in [1.29, 1.82) is 0 Å². The van der Waals surface area contributed by atoms with Crippen LogP contribution >= 0.6 is 0 Å². The Bertz CT molecular complexity index is 1430. The van der Waals surface area contributed by atoms with Crippen molar-refractivity contribution >= 4 is 11.7 Å². The van der Waals surface area contributed by atoms with E-state index in [0.717, 1.165) is 29.5 Å². The molecule has 38 heavy (non-hydrogen) atoms. The molecule has 3 aromatic rings. The summed E-state index contributed by atoms with van der Waals surface area (Å²) >= 11 is 0. The maximum atomic E-state index is 13.6. The summed E-state index contributed by atoms with van der Waals surface area (Å²) in [5.74, 6) is 1.27. The molecule has 0 atom stereocenters. The van der Waals surface area contributed by atoms with Crippen molar-refractivity contribution in [2.45, 2.75) is 71.3 Å².